The quantitative estimate of drug-likeness (QED) is 0.395. The number of azo groups is 1. The van der Waals surface area contributed by atoms with Gasteiger partial charge in [0.15, 0.2) is 12.5 Å². The lowest BCUT2D eigenvalue weighted by Gasteiger charge is -2.17. The molecule has 0 saturated carbocycles. The van der Waals surface area contributed by atoms with Crippen LogP contribution in [0, 0.1) is 0 Å². The van der Waals surface area contributed by atoms with Crippen LogP contribution in [0.25, 0.3) is 11.1 Å². The third kappa shape index (κ3) is 4.52. The summed E-state index contributed by atoms with van der Waals surface area (Å²) >= 11 is 0. The molecule has 0 radical (unpaired) electrons. The highest BCUT2D eigenvalue weighted by molar-refractivity contribution is 7.92. The van der Waals surface area contributed by atoms with Gasteiger partial charge in [-0.15, -0.1) is 5.11 Å². The Morgan fingerprint density at radius 1 is 1.10 bits per heavy atom. The fourth-order valence-electron chi connectivity index (χ4n) is 2.83. The number of nitrogens with two attached hydrogens (primary N) is 3. The first-order valence-electron chi connectivity index (χ1n) is 8.69. The minimum absolute atomic E-state index is 0.0233. The number of nitrogen functional groups attached to an aromatic ring is 1. The van der Waals surface area contributed by atoms with Crippen LogP contribution in [0.3, 0.4) is 0 Å². The molecule has 0 saturated heterocycles. The van der Waals surface area contributed by atoms with Crippen molar-refractivity contribution in [3.8, 4) is 11.1 Å². The molecule has 30 heavy (non-hydrogen) atoms. The van der Waals surface area contributed by atoms with Gasteiger partial charge in [0, 0.05) is 18.3 Å². The number of hydrogen-bond donors (Lipinski definition) is 4. The largest absolute Gasteiger partial charge is 0.384 e. The Hall–Kier alpha value is -2.78. The first kappa shape index (κ1) is 21.9. The van der Waals surface area contributed by atoms with Gasteiger partial charge in [-0.3, -0.25) is 0 Å². The number of nitrogens with zero attached hydrogens (tertiary/aromatic N) is 4. The number of amidine groups is 1. The summed E-state index contributed by atoms with van der Waals surface area (Å²) in [5.74, 6) is 0.207. The Labute approximate surface area is 173 Å². The van der Waals surface area contributed by atoms with E-state index in [0.717, 1.165) is 6.07 Å². The molecule has 0 atom stereocenters. The minimum Gasteiger partial charge on any atom is -0.384 e. The molecule has 1 aliphatic rings. The summed E-state index contributed by atoms with van der Waals surface area (Å²) in [6.07, 6.45) is 1.79. The van der Waals surface area contributed by atoms with Crippen LogP contribution in [0.4, 0.5) is 5.82 Å². The number of nitrogens with one attached hydrogen (secondary N) is 1. The number of primary sulfonamides is 1. The molecule has 12 nitrogen and oxygen atoms in total. The number of pyridine rings is 1. The second-order valence-electron chi connectivity index (χ2n) is 6.24. The van der Waals surface area contributed by atoms with Crippen molar-refractivity contribution in [2.75, 3.05) is 25.5 Å². The summed E-state index contributed by atoms with van der Waals surface area (Å²) in [4.78, 5) is 6.92. The molecule has 0 spiro atoms. The third-order valence-electron chi connectivity index (χ3n) is 4.14. The van der Waals surface area contributed by atoms with Crippen molar-refractivity contribution in [3.63, 3.8) is 0 Å². The van der Waals surface area contributed by atoms with Gasteiger partial charge in [-0.25, -0.2) is 36.7 Å². The highest BCUT2D eigenvalue weighted by atomic mass is 32.2. The molecule has 160 valence electrons. The Bertz CT molecular complexity index is 1220. The van der Waals surface area contributed by atoms with Crippen molar-refractivity contribution in [1.29, 1.82) is 0 Å². The molecule has 7 N–H and O–H groups in total. The normalized spacial score (nSPS) is 14.1. The zero-order valence-corrected chi connectivity index (χ0v) is 17.3. The van der Waals surface area contributed by atoms with Gasteiger partial charge in [0.05, 0.1) is 5.56 Å². The number of aliphatic imine (C=N–C) groups is 1. The topological polar surface area (TPSA) is 208 Å². The average molecular weight is 453 g/mol. The summed E-state index contributed by atoms with van der Waals surface area (Å²) < 4.78 is 53.1. The molecular weight excluding hydrogens is 432 g/mol. The molecule has 0 aliphatic carbocycles. The van der Waals surface area contributed by atoms with Gasteiger partial charge in [0.2, 0.25) is 20.0 Å². The number of benzene rings is 1. The second-order valence-corrected chi connectivity index (χ2v) is 9.47. The van der Waals surface area contributed by atoms with Gasteiger partial charge in [-0.05, 0) is 36.7 Å². The summed E-state index contributed by atoms with van der Waals surface area (Å²) in [6, 6.07) is 5.72. The van der Waals surface area contributed by atoms with Crippen LogP contribution in [-0.2, 0) is 20.0 Å². The monoisotopic (exact) mass is 452 g/mol. The van der Waals surface area contributed by atoms with Crippen molar-refractivity contribution < 1.29 is 16.8 Å². The molecule has 2 heterocycles. The van der Waals surface area contributed by atoms with Crippen LogP contribution in [0.5, 0.6) is 0 Å². The first-order chi connectivity index (χ1) is 14.1. The number of anilines is 1. The Morgan fingerprint density at radius 3 is 2.43 bits per heavy atom. The van der Waals surface area contributed by atoms with Crippen LogP contribution in [0.1, 0.15) is 12.0 Å². The Morgan fingerprint density at radius 2 is 1.87 bits per heavy atom. The lowest BCUT2D eigenvalue weighted by Crippen LogP contribution is -2.29. The standard InChI is InChI=1S/C16H20N8O4S2/c17-6-1-7-23-30(27,28)12-4-3-11(10-2-5-13(18)20-8-10)14(15(12)29(19,25)26)16-21-9-22-24-16/h2-5,8,23H,1,6-7,9,17H2,(H2,18,20)(H2,19,25,26). The summed E-state index contributed by atoms with van der Waals surface area (Å²) in [5.41, 5.74) is 11.7. The van der Waals surface area contributed by atoms with Gasteiger partial charge in [-0.1, -0.05) is 6.07 Å². The Balaban J connectivity index is 2.33. The summed E-state index contributed by atoms with van der Waals surface area (Å²) in [7, 11) is -8.76. The second kappa shape index (κ2) is 8.53. The lowest BCUT2D eigenvalue weighted by molar-refractivity contribution is 0.571. The van der Waals surface area contributed by atoms with Crippen LogP contribution < -0.4 is 21.3 Å². The summed E-state index contributed by atoms with van der Waals surface area (Å²) in [5, 5.41) is 13.0. The molecule has 0 bridgehead atoms. The first-order valence-corrected chi connectivity index (χ1v) is 11.7. The van der Waals surface area contributed by atoms with Crippen molar-refractivity contribution in [3.05, 3.63) is 36.0 Å². The van der Waals surface area contributed by atoms with Gasteiger partial charge in [0.25, 0.3) is 0 Å². The van der Waals surface area contributed by atoms with Gasteiger partial charge in [-0.2, -0.15) is 5.11 Å². The minimum atomic E-state index is -4.53. The van der Waals surface area contributed by atoms with Gasteiger partial charge < -0.3 is 11.5 Å². The van der Waals surface area contributed by atoms with Crippen molar-refractivity contribution in [2.45, 2.75) is 16.2 Å². The van der Waals surface area contributed by atoms with E-state index in [1.165, 1.54) is 18.3 Å². The molecule has 1 aromatic heterocycles. The molecule has 14 heteroatoms. The fourth-order valence-corrected chi connectivity index (χ4v) is 5.50. The van der Waals surface area contributed by atoms with E-state index in [1.807, 2.05) is 0 Å². The van der Waals surface area contributed by atoms with Crippen LogP contribution in [0.15, 0.2) is 55.5 Å². The maximum atomic E-state index is 12.8. The average Bonchev–Trinajstić information content (AvgIpc) is 3.21. The SMILES string of the molecule is NCCCNS(=O)(=O)c1ccc(-c2ccc(N)nc2)c(C2=NCN=N2)c1S(N)(=O)=O. The Kier molecular flexibility index (Phi) is 6.23. The molecule has 0 unspecified atom stereocenters. The van der Waals surface area contributed by atoms with Crippen molar-refractivity contribution in [2.24, 2.45) is 26.1 Å². The van der Waals surface area contributed by atoms with Crippen molar-refractivity contribution >= 4 is 31.7 Å². The molecule has 0 fully saturated rings. The third-order valence-corrected chi connectivity index (χ3v) is 6.76. The highest BCUT2D eigenvalue weighted by Crippen LogP contribution is 2.34. The van der Waals surface area contributed by atoms with E-state index in [-0.39, 0.29) is 37.0 Å². The fraction of sp³-hybridized carbons (Fsp3) is 0.250. The van der Waals surface area contributed by atoms with E-state index in [9.17, 15) is 16.8 Å². The van der Waals surface area contributed by atoms with Crippen LogP contribution in [0.2, 0.25) is 0 Å². The number of rotatable bonds is 8. The molecule has 1 aliphatic heterocycles. The number of aromatic nitrogens is 1. The van der Waals surface area contributed by atoms with E-state index in [4.69, 9.17) is 16.6 Å². The molecule has 0 amide bonds. The van der Waals surface area contributed by atoms with E-state index < -0.39 is 29.8 Å². The highest BCUT2D eigenvalue weighted by Gasteiger charge is 2.32. The zero-order valence-electron chi connectivity index (χ0n) is 15.7. The number of hydrogen-bond acceptors (Lipinski definition) is 10. The van der Waals surface area contributed by atoms with Gasteiger partial charge >= 0.3 is 0 Å². The zero-order chi connectivity index (χ0) is 21.9. The smallest absolute Gasteiger partial charge is 0.241 e. The lowest BCUT2D eigenvalue weighted by atomic mass is 10.00. The van der Waals surface area contributed by atoms with Crippen LogP contribution >= 0.6 is 0 Å². The van der Waals surface area contributed by atoms with E-state index >= 15 is 0 Å². The molecule has 1 aromatic carbocycles. The van der Waals surface area contributed by atoms with E-state index in [0.29, 0.717) is 17.5 Å². The van der Waals surface area contributed by atoms with Gasteiger partial charge in [0.1, 0.15) is 15.6 Å². The predicted octanol–water partition coefficient (Wildman–Crippen LogP) is -0.225. The maximum Gasteiger partial charge on any atom is 0.241 e. The molecule has 2 aromatic rings. The van der Waals surface area contributed by atoms with Crippen molar-refractivity contribution in [1.82, 2.24) is 9.71 Å². The number of sulfonamides is 2. The maximum absolute atomic E-state index is 12.8. The predicted molar refractivity (Wildman–Crippen MR) is 111 cm³/mol. The summed E-state index contributed by atoms with van der Waals surface area (Å²) in [6.45, 7) is 0.267. The van der Waals surface area contributed by atoms with Crippen LogP contribution in [-0.4, -0.2) is 47.4 Å². The molecular formula is C16H20N8O4S2. The molecule has 3 rings (SSSR count). The van der Waals surface area contributed by atoms with E-state index in [1.54, 1.807) is 6.07 Å². The van der Waals surface area contributed by atoms with E-state index in [2.05, 4.69) is 24.9 Å².